The second-order valence-corrected chi connectivity index (χ2v) is 5.91. The molecule has 0 saturated carbocycles. The number of esters is 1. The number of methoxy groups -OCH3 is 1. The van der Waals surface area contributed by atoms with Gasteiger partial charge >= 0.3 is 5.97 Å². The van der Waals surface area contributed by atoms with E-state index >= 15 is 0 Å². The Labute approximate surface area is 119 Å². The Bertz CT molecular complexity index is 519. The van der Waals surface area contributed by atoms with E-state index in [9.17, 15) is 9.90 Å². The molecule has 0 aromatic heterocycles. The predicted molar refractivity (Wildman–Crippen MR) is 74.4 cm³/mol. The first-order chi connectivity index (χ1) is 9.31. The van der Waals surface area contributed by atoms with Crippen molar-refractivity contribution in [2.24, 2.45) is 0 Å². The molecule has 0 atom stereocenters. The fourth-order valence-electron chi connectivity index (χ4n) is 2.35. The van der Waals surface area contributed by atoms with Crippen molar-refractivity contribution < 1.29 is 19.5 Å². The van der Waals surface area contributed by atoms with Crippen molar-refractivity contribution in [2.75, 3.05) is 13.7 Å². The van der Waals surface area contributed by atoms with Crippen molar-refractivity contribution in [1.82, 2.24) is 5.06 Å². The van der Waals surface area contributed by atoms with E-state index in [0.29, 0.717) is 19.5 Å². The number of carbonyl (C=O) groups is 1. The summed E-state index contributed by atoms with van der Waals surface area (Å²) in [6.45, 7) is 7.28. The minimum absolute atomic E-state index is 0.0322. The third-order valence-corrected chi connectivity index (χ3v) is 3.15. The van der Waals surface area contributed by atoms with Crippen LogP contribution in [0.3, 0.4) is 0 Å². The maximum absolute atomic E-state index is 11.6. The summed E-state index contributed by atoms with van der Waals surface area (Å²) in [6.07, 6.45) is 0.641. The lowest BCUT2D eigenvalue weighted by Crippen LogP contribution is -2.37. The van der Waals surface area contributed by atoms with Crippen LogP contribution in [0, 0.1) is 0 Å². The molecule has 0 saturated heterocycles. The van der Waals surface area contributed by atoms with Gasteiger partial charge in [-0.1, -0.05) is 6.07 Å². The minimum Gasteiger partial charge on any atom is -0.507 e. The third kappa shape index (κ3) is 3.11. The number of phenols is 1. The van der Waals surface area contributed by atoms with Crippen LogP contribution in [0.5, 0.6) is 5.75 Å². The highest BCUT2D eigenvalue weighted by molar-refractivity contribution is 5.93. The van der Waals surface area contributed by atoms with E-state index in [1.165, 1.54) is 7.11 Å². The summed E-state index contributed by atoms with van der Waals surface area (Å²) in [4.78, 5) is 17.4. The zero-order valence-corrected chi connectivity index (χ0v) is 12.4. The van der Waals surface area contributed by atoms with Gasteiger partial charge in [-0.05, 0) is 38.8 Å². The molecule has 1 aliphatic heterocycles. The van der Waals surface area contributed by atoms with Gasteiger partial charge in [-0.2, -0.15) is 5.06 Å². The van der Waals surface area contributed by atoms with Gasteiger partial charge in [-0.15, -0.1) is 0 Å². The van der Waals surface area contributed by atoms with Gasteiger partial charge in [0.1, 0.15) is 11.3 Å². The van der Waals surface area contributed by atoms with E-state index in [0.717, 1.165) is 11.1 Å². The van der Waals surface area contributed by atoms with E-state index in [1.54, 1.807) is 6.07 Å². The molecular weight excluding hydrogens is 258 g/mol. The third-order valence-electron chi connectivity index (χ3n) is 3.15. The molecule has 2 rings (SSSR count). The summed E-state index contributed by atoms with van der Waals surface area (Å²) in [6, 6.07) is 3.44. The summed E-state index contributed by atoms with van der Waals surface area (Å²) >= 11 is 0. The molecule has 20 heavy (non-hydrogen) atoms. The van der Waals surface area contributed by atoms with E-state index < -0.39 is 5.97 Å². The maximum atomic E-state index is 11.6. The monoisotopic (exact) mass is 279 g/mol. The first kappa shape index (κ1) is 14.8. The highest BCUT2D eigenvalue weighted by Crippen LogP contribution is 2.31. The van der Waals surface area contributed by atoms with E-state index in [4.69, 9.17) is 4.84 Å². The fourth-order valence-corrected chi connectivity index (χ4v) is 2.35. The van der Waals surface area contributed by atoms with Crippen LogP contribution in [0.1, 0.15) is 42.3 Å². The molecule has 0 aliphatic carbocycles. The molecular formula is C15H21NO4. The Kier molecular flexibility index (Phi) is 4.01. The number of rotatable bonds is 2. The molecule has 5 heteroatoms. The SMILES string of the molecule is COC(=O)c1ccc2c(c1O)CCN(OC(C)(C)C)C2. The van der Waals surface area contributed by atoms with Gasteiger partial charge in [0.2, 0.25) is 0 Å². The summed E-state index contributed by atoms with van der Waals surface area (Å²) in [7, 11) is 1.31. The molecule has 0 radical (unpaired) electrons. The Morgan fingerprint density at radius 2 is 2.05 bits per heavy atom. The quantitative estimate of drug-likeness (QED) is 0.842. The lowest BCUT2D eigenvalue weighted by atomic mass is 9.96. The highest BCUT2D eigenvalue weighted by Gasteiger charge is 2.26. The Morgan fingerprint density at radius 1 is 1.35 bits per heavy atom. The molecule has 110 valence electrons. The van der Waals surface area contributed by atoms with Crippen LogP contribution in [0.4, 0.5) is 0 Å². The standard InChI is InChI=1S/C15H21NO4/c1-15(2,3)20-16-8-7-11-10(9-16)5-6-12(13(11)17)14(18)19-4/h5-6,17H,7-9H2,1-4H3. The maximum Gasteiger partial charge on any atom is 0.341 e. The molecule has 0 bridgehead atoms. The molecule has 1 aliphatic rings. The van der Waals surface area contributed by atoms with Gasteiger partial charge in [0.05, 0.1) is 12.7 Å². The highest BCUT2D eigenvalue weighted by atomic mass is 16.7. The molecule has 1 aromatic carbocycles. The minimum atomic E-state index is -0.515. The Balaban J connectivity index is 2.23. The summed E-state index contributed by atoms with van der Waals surface area (Å²) in [5.74, 6) is -0.483. The molecule has 1 N–H and O–H groups in total. The van der Waals surface area contributed by atoms with E-state index in [-0.39, 0.29) is 16.9 Å². The van der Waals surface area contributed by atoms with Crippen molar-refractivity contribution in [2.45, 2.75) is 39.3 Å². The lowest BCUT2D eigenvalue weighted by Gasteiger charge is -2.33. The topological polar surface area (TPSA) is 59.0 Å². The summed E-state index contributed by atoms with van der Waals surface area (Å²) in [5, 5.41) is 12.1. The van der Waals surface area contributed by atoms with Crippen molar-refractivity contribution in [3.8, 4) is 5.75 Å². The molecule has 1 heterocycles. The largest absolute Gasteiger partial charge is 0.507 e. The number of phenolic OH excluding ortho intramolecular Hbond substituents is 1. The van der Waals surface area contributed by atoms with Crippen LogP contribution >= 0.6 is 0 Å². The Hall–Kier alpha value is -1.59. The van der Waals surface area contributed by atoms with Crippen molar-refractivity contribution in [1.29, 1.82) is 0 Å². The zero-order valence-electron chi connectivity index (χ0n) is 12.4. The van der Waals surface area contributed by atoms with Gasteiger partial charge in [-0.3, -0.25) is 4.84 Å². The predicted octanol–water partition coefficient (Wildman–Crippen LogP) is 2.27. The Morgan fingerprint density at radius 3 is 2.65 bits per heavy atom. The second kappa shape index (κ2) is 5.42. The van der Waals surface area contributed by atoms with Gasteiger partial charge in [0, 0.05) is 18.7 Å². The van der Waals surface area contributed by atoms with Crippen molar-refractivity contribution in [3.05, 3.63) is 28.8 Å². The summed E-state index contributed by atoms with van der Waals surface area (Å²) in [5.41, 5.74) is 1.76. The summed E-state index contributed by atoms with van der Waals surface area (Å²) < 4.78 is 4.66. The second-order valence-electron chi connectivity index (χ2n) is 5.91. The van der Waals surface area contributed by atoms with Crippen LogP contribution < -0.4 is 0 Å². The number of fused-ring (bicyclic) bond motifs is 1. The van der Waals surface area contributed by atoms with Crippen LogP contribution in [-0.4, -0.2) is 35.4 Å². The van der Waals surface area contributed by atoms with Gasteiger partial charge < -0.3 is 9.84 Å². The first-order valence-electron chi connectivity index (χ1n) is 6.68. The molecule has 0 fully saturated rings. The van der Waals surface area contributed by atoms with Crippen molar-refractivity contribution in [3.63, 3.8) is 0 Å². The number of nitrogens with zero attached hydrogens (tertiary/aromatic N) is 1. The number of carbonyl (C=O) groups excluding carboxylic acids is 1. The average Bonchev–Trinajstić information content (AvgIpc) is 2.36. The van der Waals surface area contributed by atoms with Crippen LogP contribution in [0.2, 0.25) is 0 Å². The zero-order chi connectivity index (χ0) is 14.9. The molecule has 1 aromatic rings. The van der Waals surface area contributed by atoms with Gasteiger partial charge in [0.25, 0.3) is 0 Å². The number of aromatic hydroxyl groups is 1. The van der Waals surface area contributed by atoms with E-state index in [2.05, 4.69) is 4.74 Å². The van der Waals surface area contributed by atoms with Gasteiger partial charge in [-0.25, -0.2) is 4.79 Å². The van der Waals surface area contributed by atoms with Crippen LogP contribution in [-0.2, 0) is 22.5 Å². The number of ether oxygens (including phenoxy) is 1. The molecule has 0 unspecified atom stereocenters. The van der Waals surface area contributed by atoms with Gasteiger partial charge in [0.15, 0.2) is 0 Å². The van der Waals surface area contributed by atoms with Crippen LogP contribution in [0.15, 0.2) is 12.1 Å². The number of hydrogen-bond acceptors (Lipinski definition) is 5. The number of hydrogen-bond donors (Lipinski definition) is 1. The normalized spacial score (nSPS) is 15.8. The molecule has 0 amide bonds. The molecule has 0 spiro atoms. The molecule has 5 nitrogen and oxygen atoms in total. The van der Waals surface area contributed by atoms with Crippen molar-refractivity contribution >= 4 is 5.97 Å². The number of benzene rings is 1. The lowest BCUT2D eigenvalue weighted by molar-refractivity contribution is -0.236. The number of hydroxylamine groups is 2. The first-order valence-corrected chi connectivity index (χ1v) is 6.68. The van der Waals surface area contributed by atoms with E-state index in [1.807, 2.05) is 31.9 Å². The average molecular weight is 279 g/mol. The van der Waals surface area contributed by atoms with Crippen LogP contribution in [0.25, 0.3) is 0 Å². The smallest absolute Gasteiger partial charge is 0.341 e. The fraction of sp³-hybridized carbons (Fsp3) is 0.533.